The summed E-state index contributed by atoms with van der Waals surface area (Å²) in [6.45, 7) is 6.70. The number of benzene rings is 1. The van der Waals surface area contributed by atoms with Crippen molar-refractivity contribution < 1.29 is 9.59 Å². The van der Waals surface area contributed by atoms with Crippen molar-refractivity contribution >= 4 is 28.5 Å². The molecule has 138 valence electrons. The van der Waals surface area contributed by atoms with Crippen LogP contribution in [0.5, 0.6) is 0 Å². The van der Waals surface area contributed by atoms with E-state index in [1.165, 1.54) is 18.2 Å². The topological polar surface area (TPSA) is 37.4 Å². The van der Waals surface area contributed by atoms with Gasteiger partial charge in [-0.3, -0.25) is 9.59 Å². The third-order valence-electron chi connectivity index (χ3n) is 5.23. The number of carbonyl (C=O) groups excluding carboxylic acids is 2. The minimum absolute atomic E-state index is 0.0556. The zero-order valence-electron chi connectivity index (χ0n) is 15.8. The molecule has 3 nitrogen and oxygen atoms in total. The molecule has 0 unspecified atom stereocenters. The average molecular weight is 362 g/mol. The number of thioether (sulfide) groups is 1. The van der Waals surface area contributed by atoms with Gasteiger partial charge >= 0.3 is 0 Å². The van der Waals surface area contributed by atoms with Crippen molar-refractivity contribution in [3.05, 3.63) is 24.3 Å². The zero-order valence-corrected chi connectivity index (χ0v) is 16.6. The number of hydrogen-bond acceptors (Lipinski definition) is 3. The zero-order chi connectivity index (χ0) is 18.2. The maximum Gasteiger partial charge on any atom is 0.230 e. The number of para-hydroxylation sites is 1. The molecule has 4 heteroatoms. The van der Waals surface area contributed by atoms with Crippen molar-refractivity contribution in [3.8, 4) is 0 Å². The van der Waals surface area contributed by atoms with Crippen LogP contribution >= 0.6 is 11.8 Å². The highest BCUT2D eigenvalue weighted by Crippen LogP contribution is 2.34. The molecular formula is C21H31NO2S. The van der Waals surface area contributed by atoms with E-state index in [1.807, 2.05) is 29.2 Å². The maximum absolute atomic E-state index is 13.3. The van der Waals surface area contributed by atoms with E-state index < -0.39 is 0 Å². The van der Waals surface area contributed by atoms with E-state index in [2.05, 4.69) is 13.8 Å². The molecule has 0 N–H and O–H groups in total. The van der Waals surface area contributed by atoms with Gasteiger partial charge in [0.2, 0.25) is 5.91 Å². The summed E-state index contributed by atoms with van der Waals surface area (Å²) in [7, 11) is 0. The first-order valence-corrected chi connectivity index (χ1v) is 10.5. The molecule has 25 heavy (non-hydrogen) atoms. The fraction of sp³-hybridized carbons (Fsp3) is 0.619. The third kappa shape index (κ3) is 5.60. The third-order valence-corrected chi connectivity index (χ3v) is 6.08. The average Bonchev–Trinajstić information content (AvgIpc) is 2.63. The van der Waals surface area contributed by atoms with Crippen molar-refractivity contribution in [1.82, 2.24) is 0 Å². The largest absolute Gasteiger partial charge is 0.311 e. The van der Waals surface area contributed by atoms with Gasteiger partial charge in [-0.1, -0.05) is 69.8 Å². The van der Waals surface area contributed by atoms with E-state index in [9.17, 15) is 9.59 Å². The highest BCUT2D eigenvalue weighted by Gasteiger charge is 2.29. The normalized spacial score (nSPS) is 15.4. The molecule has 1 aromatic carbocycles. The van der Waals surface area contributed by atoms with Gasteiger partial charge < -0.3 is 4.90 Å². The minimum Gasteiger partial charge on any atom is -0.311 e. The van der Waals surface area contributed by atoms with Gasteiger partial charge in [-0.2, -0.15) is 0 Å². The molecule has 1 saturated carbocycles. The van der Waals surface area contributed by atoms with Gasteiger partial charge in [-0.05, 0) is 30.9 Å². The van der Waals surface area contributed by atoms with Gasteiger partial charge in [0.1, 0.15) is 0 Å². The van der Waals surface area contributed by atoms with Gasteiger partial charge in [0.05, 0.1) is 5.69 Å². The summed E-state index contributed by atoms with van der Waals surface area (Å²) >= 11 is 1.23. The molecule has 1 aliphatic carbocycles. The molecule has 0 aliphatic heterocycles. The number of anilines is 1. The Morgan fingerprint density at radius 2 is 1.76 bits per heavy atom. The molecule has 1 fully saturated rings. The van der Waals surface area contributed by atoms with Crippen LogP contribution in [0.2, 0.25) is 0 Å². The fourth-order valence-electron chi connectivity index (χ4n) is 3.60. The first-order chi connectivity index (χ1) is 12.1. The van der Waals surface area contributed by atoms with Crippen LogP contribution in [-0.2, 0) is 9.59 Å². The maximum atomic E-state index is 13.3. The number of hydrogen-bond donors (Lipinski definition) is 0. The van der Waals surface area contributed by atoms with Crippen molar-refractivity contribution in [2.24, 2.45) is 11.8 Å². The predicted molar refractivity (Wildman–Crippen MR) is 106 cm³/mol. The lowest BCUT2D eigenvalue weighted by Gasteiger charge is -2.32. The number of amides is 1. The Balaban J connectivity index is 2.33. The number of rotatable bonds is 7. The molecule has 0 bridgehead atoms. The van der Waals surface area contributed by atoms with Gasteiger partial charge in [-0.15, -0.1) is 0 Å². The Morgan fingerprint density at radius 1 is 1.12 bits per heavy atom. The molecule has 0 spiro atoms. The molecule has 0 atom stereocenters. The second kappa shape index (κ2) is 10.0. The van der Waals surface area contributed by atoms with Gasteiger partial charge in [-0.25, -0.2) is 0 Å². The minimum atomic E-state index is 0.0556. The van der Waals surface area contributed by atoms with Crippen LogP contribution in [0.1, 0.15) is 65.7 Å². The van der Waals surface area contributed by atoms with Gasteiger partial charge in [0.15, 0.2) is 5.12 Å². The van der Waals surface area contributed by atoms with Crippen molar-refractivity contribution in [2.45, 2.75) is 70.6 Å². The molecule has 0 saturated heterocycles. The summed E-state index contributed by atoms with van der Waals surface area (Å²) in [4.78, 5) is 27.9. The van der Waals surface area contributed by atoms with E-state index in [-0.39, 0.29) is 16.9 Å². The Hall–Kier alpha value is -1.29. The standard InChI is InChI=1S/C21H31NO2S/c1-4-17(5-2)15-22(21(24)18-11-7-6-8-12-18)19-13-9-10-14-20(19)25-16(3)23/h9-10,13-14,17-18H,4-8,11-12,15H2,1-3H3. The Kier molecular flexibility index (Phi) is 8.01. The monoisotopic (exact) mass is 361 g/mol. The van der Waals surface area contributed by atoms with Crippen LogP contribution < -0.4 is 4.90 Å². The molecule has 1 aliphatic rings. The van der Waals surface area contributed by atoms with Crippen molar-refractivity contribution in [1.29, 1.82) is 0 Å². The van der Waals surface area contributed by atoms with Crippen LogP contribution in [0.3, 0.4) is 0 Å². The Morgan fingerprint density at radius 3 is 2.36 bits per heavy atom. The summed E-state index contributed by atoms with van der Waals surface area (Å²) in [6, 6.07) is 7.85. The lowest BCUT2D eigenvalue weighted by Crippen LogP contribution is -2.40. The molecule has 1 aromatic rings. The lowest BCUT2D eigenvalue weighted by atomic mass is 9.87. The van der Waals surface area contributed by atoms with E-state index in [1.54, 1.807) is 6.92 Å². The van der Waals surface area contributed by atoms with Crippen LogP contribution in [0.4, 0.5) is 5.69 Å². The second-order valence-corrected chi connectivity index (χ2v) is 8.25. The van der Waals surface area contributed by atoms with Crippen LogP contribution in [-0.4, -0.2) is 17.6 Å². The number of nitrogens with zero attached hydrogens (tertiary/aromatic N) is 1. The van der Waals surface area contributed by atoms with Crippen LogP contribution in [0.15, 0.2) is 29.2 Å². The summed E-state index contributed by atoms with van der Waals surface area (Å²) in [5, 5.41) is 0.0556. The van der Waals surface area contributed by atoms with E-state index in [4.69, 9.17) is 0 Å². The molecule has 1 amide bonds. The lowest BCUT2D eigenvalue weighted by molar-refractivity contribution is -0.123. The quantitative estimate of drug-likeness (QED) is 0.587. The fourth-order valence-corrected chi connectivity index (χ4v) is 4.34. The highest BCUT2D eigenvalue weighted by molar-refractivity contribution is 8.13. The SMILES string of the molecule is CCC(CC)CN(C(=O)C1CCCCC1)c1ccccc1SC(C)=O. The summed E-state index contributed by atoms with van der Waals surface area (Å²) < 4.78 is 0. The Labute approximate surface area is 156 Å². The highest BCUT2D eigenvalue weighted by atomic mass is 32.2. The van der Waals surface area contributed by atoms with Crippen molar-refractivity contribution in [2.75, 3.05) is 11.4 Å². The van der Waals surface area contributed by atoms with Crippen molar-refractivity contribution in [3.63, 3.8) is 0 Å². The van der Waals surface area contributed by atoms with E-state index in [0.29, 0.717) is 5.92 Å². The van der Waals surface area contributed by atoms with E-state index >= 15 is 0 Å². The first kappa shape index (κ1) is 20.0. The summed E-state index contributed by atoms with van der Waals surface area (Å²) in [6.07, 6.45) is 7.67. The second-order valence-electron chi connectivity index (χ2n) is 7.03. The summed E-state index contributed by atoms with van der Waals surface area (Å²) in [5.41, 5.74) is 0.908. The Bertz CT molecular complexity index is 577. The smallest absolute Gasteiger partial charge is 0.230 e. The summed E-state index contributed by atoms with van der Waals surface area (Å²) in [5.74, 6) is 0.879. The molecule has 2 rings (SSSR count). The molecule has 0 radical (unpaired) electrons. The molecular weight excluding hydrogens is 330 g/mol. The first-order valence-electron chi connectivity index (χ1n) is 9.65. The predicted octanol–water partition coefficient (Wildman–Crippen LogP) is 5.67. The molecule has 0 aromatic heterocycles. The van der Waals surface area contributed by atoms with Crippen LogP contribution in [0, 0.1) is 11.8 Å². The number of carbonyl (C=O) groups is 2. The van der Waals surface area contributed by atoms with Gasteiger partial charge in [0.25, 0.3) is 0 Å². The van der Waals surface area contributed by atoms with Crippen LogP contribution in [0.25, 0.3) is 0 Å². The van der Waals surface area contributed by atoms with E-state index in [0.717, 1.165) is 55.7 Å². The van der Waals surface area contributed by atoms with Gasteiger partial charge in [0, 0.05) is 24.3 Å². The molecule has 0 heterocycles.